The SMILES string of the molecule is CCOc1cc(/C=N/n2c(=O)c(C(C)(C)C)nn3cnnc23)ccc1O. The highest BCUT2D eigenvalue weighted by atomic mass is 16.5. The molecule has 0 bridgehead atoms. The summed E-state index contributed by atoms with van der Waals surface area (Å²) in [4.78, 5) is 12.8. The number of hydrogen-bond acceptors (Lipinski definition) is 7. The molecule has 0 saturated carbocycles. The van der Waals surface area contributed by atoms with Crippen LogP contribution in [0, 0.1) is 0 Å². The lowest BCUT2D eigenvalue weighted by molar-refractivity contribution is 0.318. The van der Waals surface area contributed by atoms with Gasteiger partial charge in [0.05, 0.1) is 12.8 Å². The number of hydrogen-bond donors (Lipinski definition) is 1. The number of phenolic OH excluding ortho intramolecular Hbond substituents is 1. The van der Waals surface area contributed by atoms with Gasteiger partial charge in [-0.2, -0.15) is 19.4 Å². The quantitative estimate of drug-likeness (QED) is 0.711. The van der Waals surface area contributed by atoms with E-state index >= 15 is 0 Å². The third kappa shape index (κ3) is 3.28. The molecule has 0 spiro atoms. The van der Waals surface area contributed by atoms with E-state index in [4.69, 9.17) is 4.74 Å². The second kappa shape index (κ2) is 6.58. The van der Waals surface area contributed by atoms with Gasteiger partial charge in [-0.3, -0.25) is 4.79 Å². The van der Waals surface area contributed by atoms with Crippen molar-refractivity contribution in [2.75, 3.05) is 6.61 Å². The molecule has 0 amide bonds. The molecule has 2 aromatic heterocycles. The van der Waals surface area contributed by atoms with Gasteiger partial charge in [0.1, 0.15) is 12.0 Å². The van der Waals surface area contributed by atoms with E-state index in [1.165, 1.54) is 23.1 Å². The number of fused-ring (bicyclic) bond motifs is 1. The van der Waals surface area contributed by atoms with Crippen LogP contribution in [0.1, 0.15) is 39.0 Å². The molecule has 0 unspecified atom stereocenters. The van der Waals surface area contributed by atoms with Crippen LogP contribution in [0.4, 0.5) is 0 Å². The molecule has 0 aliphatic carbocycles. The summed E-state index contributed by atoms with van der Waals surface area (Å²) in [5, 5.41) is 26.0. The van der Waals surface area contributed by atoms with Gasteiger partial charge in [0.25, 0.3) is 11.3 Å². The average molecular weight is 356 g/mol. The van der Waals surface area contributed by atoms with Crippen molar-refractivity contribution in [1.82, 2.24) is 24.5 Å². The summed E-state index contributed by atoms with van der Waals surface area (Å²) in [5.41, 5.74) is 0.179. The van der Waals surface area contributed by atoms with Crippen molar-refractivity contribution < 1.29 is 9.84 Å². The maximum Gasteiger partial charge on any atom is 0.298 e. The Morgan fingerprint density at radius 2 is 2.12 bits per heavy atom. The summed E-state index contributed by atoms with van der Waals surface area (Å²) >= 11 is 0. The van der Waals surface area contributed by atoms with Crippen molar-refractivity contribution in [3.05, 3.63) is 46.1 Å². The van der Waals surface area contributed by atoms with Crippen LogP contribution < -0.4 is 10.3 Å². The molecule has 26 heavy (non-hydrogen) atoms. The minimum Gasteiger partial charge on any atom is -0.504 e. The number of aromatic hydroxyl groups is 1. The Morgan fingerprint density at radius 3 is 2.81 bits per heavy atom. The van der Waals surface area contributed by atoms with Crippen LogP contribution in [0.3, 0.4) is 0 Å². The monoisotopic (exact) mass is 356 g/mol. The smallest absolute Gasteiger partial charge is 0.298 e. The Hall–Kier alpha value is -3.23. The van der Waals surface area contributed by atoms with Crippen molar-refractivity contribution in [2.24, 2.45) is 5.10 Å². The van der Waals surface area contributed by atoms with Gasteiger partial charge in [0, 0.05) is 5.41 Å². The second-order valence-electron chi connectivity index (χ2n) is 6.70. The van der Waals surface area contributed by atoms with E-state index in [2.05, 4.69) is 20.4 Å². The predicted octanol–water partition coefficient (Wildman–Crippen LogP) is 1.57. The van der Waals surface area contributed by atoms with E-state index in [9.17, 15) is 9.90 Å². The number of rotatable bonds is 4. The first kappa shape index (κ1) is 17.6. The molecule has 9 heteroatoms. The van der Waals surface area contributed by atoms with Crippen molar-refractivity contribution in [2.45, 2.75) is 33.1 Å². The standard InChI is InChI=1S/C17H20N6O3/c1-5-26-13-8-11(6-7-12(13)24)9-19-23-15(25)14(17(2,3)4)21-22-10-18-20-16(22)23/h6-10,24H,5H2,1-4H3/b19-9+. The Labute approximate surface area is 149 Å². The molecule has 1 N–H and O–H groups in total. The van der Waals surface area contributed by atoms with Crippen LogP contribution in [0.15, 0.2) is 34.4 Å². The van der Waals surface area contributed by atoms with Crippen molar-refractivity contribution in [3.63, 3.8) is 0 Å². The highest BCUT2D eigenvalue weighted by molar-refractivity contribution is 5.80. The van der Waals surface area contributed by atoms with Crippen molar-refractivity contribution in [3.8, 4) is 11.5 Å². The molecule has 0 aliphatic rings. The van der Waals surface area contributed by atoms with Gasteiger partial charge in [-0.05, 0) is 30.7 Å². The number of phenols is 1. The highest BCUT2D eigenvalue weighted by Crippen LogP contribution is 2.26. The molecule has 2 heterocycles. The van der Waals surface area contributed by atoms with E-state index in [-0.39, 0.29) is 17.1 Å². The molecule has 136 valence electrons. The first-order valence-electron chi connectivity index (χ1n) is 8.15. The fraction of sp³-hybridized carbons (Fsp3) is 0.353. The van der Waals surface area contributed by atoms with Gasteiger partial charge >= 0.3 is 0 Å². The predicted molar refractivity (Wildman–Crippen MR) is 96.0 cm³/mol. The van der Waals surface area contributed by atoms with Gasteiger partial charge in [0.15, 0.2) is 11.5 Å². The zero-order chi connectivity index (χ0) is 18.9. The summed E-state index contributed by atoms with van der Waals surface area (Å²) in [6, 6.07) is 4.81. The summed E-state index contributed by atoms with van der Waals surface area (Å²) in [6.45, 7) is 7.94. The first-order chi connectivity index (χ1) is 12.3. The number of ether oxygens (including phenoxy) is 1. The van der Waals surface area contributed by atoms with Gasteiger partial charge < -0.3 is 9.84 Å². The van der Waals surface area contributed by atoms with E-state index in [1.54, 1.807) is 12.1 Å². The Balaban J connectivity index is 2.10. The summed E-state index contributed by atoms with van der Waals surface area (Å²) in [7, 11) is 0. The lowest BCUT2D eigenvalue weighted by atomic mass is 9.93. The van der Waals surface area contributed by atoms with Gasteiger partial charge in [-0.15, -0.1) is 10.2 Å². The van der Waals surface area contributed by atoms with Gasteiger partial charge in [0.2, 0.25) is 0 Å². The Bertz CT molecular complexity index is 1030. The summed E-state index contributed by atoms with van der Waals surface area (Å²) < 4.78 is 7.94. The molecule has 9 nitrogen and oxygen atoms in total. The zero-order valence-electron chi connectivity index (χ0n) is 15.0. The van der Waals surface area contributed by atoms with E-state index in [1.807, 2.05) is 27.7 Å². The summed E-state index contributed by atoms with van der Waals surface area (Å²) in [6.07, 6.45) is 2.91. The van der Waals surface area contributed by atoms with Gasteiger partial charge in [-0.1, -0.05) is 20.8 Å². The molecule has 0 atom stereocenters. The van der Waals surface area contributed by atoms with Crippen LogP contribution >= 0.6 is 0 Å². The highest BCUT2D eigenvalue weighted by Gasteiger charge is 2.23. The van der Waals surface area contributed by atoms with Crippen LogP contribution in [0.25, 0.3) is 5.78 Å². The molecule has 0 saturated heterocycles. The maximum absolute atomic E-state index is 12.8. The Kier molecular flexibility index (Phi) is 4.45. The lowest BCUT2D eigenvalue weighted by Crippen LogP contribution is -2.33. The molecular weight excluding hydrogens is 336 g/mol. The second-order valence-corrected chi connectivity index (χ2v) is 6.70. The molecule has 1 aromatic carbocycles. The molecule has 3 rings (SSSR count). The first-order valence-corrected chi connectivity index (χ1v) is 8.15. The van der Waals surface area contributed by atoms with E-state index < -0.39 is 5.41 Å². The summed E-state index contributed by atoms with van der Waals surface area (Å²) in [5.74, 6) is 0.601. The minimum absolute atomic E-state index is 0.0416. The third-order valence-corrected chi connectivity index (χ3v) is 3.62. The molecule has 0 radical (unpaired) electrons. The Morgan fingerprint density at radius 1 is 1.35 bits per heavy atom. The third-order valence-electron chi connectivity index (χ3n) is 3.62. The largest absolute Gasteiger partial charge is 0.504 e. The zero-order valence-corrected chi connectivity index (χ0v) is 15.0. The van der Waals surface area contributed by atoms with Gasteiger partial charge in [-0.25, -0.2) is 0 Å². The molecule has 0 aliphatic heterocycles. The fourth-order valence-electron chi connectivity index (χ4n) is 2.36. The van der Waals surface area contributed by atoms with Crippen LogP contribution in [0.5, 0.6) is 11.5 Å². The van der Waals surface area contributed by atoms with Crippen molar-refractivity contribution in [1.29, 1.82) is 0 Å². The average Bonchev–Trinajstić information content (AvgIpc) is 3.04. The molecule has 3 aromatic rings. The van der Waals surface area contributed by atoms with Crippen LogP contribution in [-0.2, 0) is 5.41 Å². The normalized spacial score (nSPS) is 12.2. The topological polar surface area (TPSA) is 107 Å². The van der Waals surface area contributed by atoms with Crippen molar-refractivity contribution >= 4 is 12.0 Å². The number of nitrogens with zero attached hydrogens (tertiary/aromatic N) is 6. The van der Waals surface area contributed by atoms with E-state index in [0.717, 1.165) is 4.68 Å². The molecule has 0 fully saturated rings. The number of benzene rings is 1. The minimum atomic E-state index is -0.465. The lowest BCUT2D eigenvalue weighted by Gasteiger charge is -2.16. The van der Waals surface area contributed by atoms with Crippen LogP contribution in [0.2, 0.25) is 0 Å². The van der Waals surface area contributed by atoms with Crippen LogP contribution in [-0.4, -0.2) is 42.4 Å². The molecular formula is C17H20N6O3. The van der Waals surface area contributed by atoms with E-state index in [0.29, 0.717) is 23.6 Å². The fourth-order valence-corrected chi connectivity index (χ4v) is 2.36. The maximum atomic E-state index is 12.8. The number of aromatic nitrogens is 5.